The summed E-state index contributed by atoms with van der Waals surface area (Å²) >= 11 is 1.91. The molecule has 106 valence electrons. The molecule has 20 heavy (non-hydrogen) atoms. The lowest BCUT2D eigenvalue weighted by Crippen LogP contribution is -2.45. The number of imide groups is 1. The Morgan fingerprint density at radius 1 is 1.20 bits per heavy atom. The number of rotatable bonds is 3. The van der Waals surface area contributed by atoms with Gasteiger partial charge in [-0.3, -0.25) is 9.59 Å². The molecular weight excluding hydrogens is 272 g/mol. The van der Waals surface area contributed by atoms with E-state index < -0.39 is 0 Å². The van der Waals surface area contributed by atoms with Crippen LogP contribution in [0.15, 0.2) is 30.3 Å². The van der Waals surface area contributed by atoms with E-state index in [1.165, 1.54) is 17.1 Å². The summed E-state index contributed by atoms with van der Waals surface area (Å²) in [6, 6.07) is 9.16. The first-order valence-corrected chi connectivity index (χ1v) is 8.17. The highest BCUT2D eigenvalue weighted by Gasteiger charge is 2.40. The van der Waals surface area contributed by atoms with E-state index in [-0.39, 0.29) is 24.3 Å². The molecule has 2 aliphatic heterocycles. The number of carbonyl (C=O) groups is 2. The molecule has 0 saturated carbocycles. The molecule has 3 rings (SSSR count). The molecule has 2 fully saturated rings. The van der Waals surface area contributed by atoms with Crippen molar-refractivity contribution >= 4 is 29.3 Å². The highest BCUT2D eigenvalue weighted by atomic mass is 32.2. The van der Waals surface area contributed by atoms with Gasteiger partial charge in [-0.2, -0.15) is 11.8 Å². The number of benzene rings is 1. The van der Waals surface area contributed by atoms with Gasteiger partial charge in [-0.1, -0.05) is 18.2 Å². The van der Waals surface area contributed by atoms with Crippen LogP contribution in [0.25, 0.3) is 0 Å². The van der Waals surface area contributed by atoms with Crippen LogP contribution in [0.3, 0.4) is 0 Å². The number of nitrogens with zero attached hydrogens (tertiary/aromatic N) is 1. The molecule has 2 amide bonds. The van der Waals surface area contributed by atoms with Crippen LogP contribution < -0.4 is 10.2 Å². The molecular formula is C15H18N2O2S. The van der Waals surface area contributed by atoms with Gasteiger partial charge >= 0.3 is 0 Å². The predicted octanol–water partition coefficient (Wildman–Crippen LogP) is 1.80. The van der Waals surface area contributed by atoms with E-state index in [0.29, 0.717) is 11.7 Å². The zero-order chi connectivity index (χ0) is 13.9. The average Bonchev–Trinajstić information content (AvgIpc) is 2.75. The fraction of sp³-hybridized carbons (Fsp3) is 0.467. The van der Waals surface area contributed by atoms with E-state index in [1.54, 1.807) is 12.1 Å². The van der Waals surface area contributed by atoms with Gasteiger partial charge in [0.05, 0.1) is 18.2 Å². The van der Waals surface area contributed by atoms with Gasteiger partial charge in [0.25, 0.3) is 5.91 Å². The third kappa shape index (κ3) is 2.74. The Labute approximate surface area is 122 Å². The molecule has 2 saturated heterocycles. The Kier molecular flexibility index (Phi) is 4.08. The molecule has 5 heteroatoms. The van der Waals surface area contributed by atoms with Gasteiger partial charge in [0.15, 0.2) is 0 Å². The molecule has 1 N–H and O–H groups in total. The second-order valence-corrected chi connectivity index (χ2v) is 6.39. The number of carbonyl (C=O) groups excluding carboxylic acids is 2. The minimum Gasteiger partial charge on any atom is -0.302 e. The normalized spacial score (nSPS) is 27.1. The molecule has 2 atom stereocenters. The maximum atomic E-state index is 12.4. The first kappa shape index (κ1) is 13.6. The van der Waals surface area contributed by atoms with Crippen LogP contribution in [0.5, 0.6) is 0 Å². The van der Waals surface area contributed by atoms with Gasteiger partial charge < -0.3 is 5.32 Å². The fourth-order valence-corrected chi connectivity index (χ4v) is 3.85. The average molecular weight is 290 g/mol. The molecule has 0 aromatic heterocycles. The monoisotopic (exact) mass is 290 g/mol. The van der Waals surface area contributed by atoms with Crippen molar-refractivity contribution in [1.82, 2.24) is 5.32 Å². The number of hydrogen-bond acceptors (Lipinski definition) is 4. The van der Waals surface area contributed by atoms with Crippen molar-refractivity contribution in [1.29, 1.82) is 0 Å². The molecule has 0 aliphatic carbocycles. The fourth-order valence-electron chi connectivity index (χ4n) is 2.77. The van der Waals surface area contributed by atoms with Gasteiger partial charge in [-0.05, 0) is 30.7 Å². The molecule has 2 aliphatic rings. The summed E-state index contributed by atoms with van der Waals surface area (Å²) in [7, 11) is 0. The van der Waals surface area contributed by atoms with E-state index in [2.05, 4.69) is 5.32 Å². The number of anilines is 1. The van der Waals surface area contributed by atoms with Crippen molar-refractivity contribution in [3.05, 3.63) is 30.3 Å². The van der Waals surface area contributed by atoms with E-state index in [1.807, 2.05) is 30.0 Å². The summed E-state index contributed by atoms with van der Waals surface area (Å²) in [5.41, 5.74) is 0.671. The smallest absolute Gasteiger partial charge is 0.251 e. The van der Waals surface area contributed by atoms with E-state index in [9.17, 15) is 9.59 Å². The standard InChI is InChI=1S/C15H18N2O2S/c18-14-9-13(16-11-5-4-8-20-10-11)15(19)17(14)12-6-2-1-3-7-12/h1-3,6-7,11,13,16H,4-5,8-10H2. The van der Waals surface area contributed by atoms with Crippen LogP contribution in [-0.2, 0) is 9.59 Å². The summed E-state index contributed by atoms with van der Waals surface area (Å²) in [5, 5.41) is 3.36. The number of para-hydroxylation sites is 1. The summed E-state index contributed by atoms with van der Waals surface area (Å²) in [6.45, 7) is 0. The van der Waals surface area contributed by atoms with Crippen molar-refractivity contribution in [2.45, 2.75) is 31.3 Å². The molecule has 2 unspecified atom stereocenters. The van der Waals surface area contributed by atoms with Crippen molar-refractivity contribution in [2.75, 3.05) is 16.4 Å². The van der Waals surface area contributed by atoms with Crippen LogP contribution in [0.1, 0.15) is 19.3 Å². The summed E-state index contributed by atoms with van der Waals surface area (Å²) in [6.07, 6.45) is 2.55. The third-order valence-corrected chi connectivity index (χ3v) is 4.97. The quantitative estimate of drug-likeness (QED) is 0.863. The molecule has 2 heterocycles. The molecule has 0 spiro atoms. The van der Waals surface area contributed by atoms with Crippen molar-refractivity contribution < 1.29 is 9.59 Å². The highest BCUT2D eigenvalue weighted by Crippen LogP contribution is 2.24. The highest BCUT2D eigenvalue weighted by molar-refractivity contribution is 7.99. The van der Waals surface area contributed by atoms with Gasteiger partial charge in [-0.25, -0.2) is 4.90 Å². The molecule has 0 bridgehead atoms. The predicted molar refractivity (Wildman–Crippen MR) is 80.8 cm³/mol. The summed E-state index contributed by atoms with van der Waals surface area (Å²) in [5.74, 6) is 2.01. The Bertz CT molecular complexity index is 500. The van der Waals surface area contributed by atoms with Crippen LogP contribution in [0, 0.1) is 0 Å². The second kappa shape index (κ2) is 5.97. The van der Waals surface area contributed by atoms with Gasteiger partial charge in [0.2, 0.25) is 5.91 Å². The first-order chi connectivity index (χ1) is 9.75. The van der Waals surface area contributed by atoms with Crippen LogP contribution in [-0.4, -0.2) is 35.4 Å². The van der Waals surface area contributed by atoms with E-state index >= 15 is 0 Å². The van der Waals surface area contributed by atoms with Crippen LogP contribution in [0.2, 0.25) is 0 Å². The number of hydrogen-bond donors (Lipinski definition) is 1. The van der Waals surface area contributed by atoms with Crippen molar-refractivity contribution in [2.24, 2.45) is 0 Å². The summed E-state index contributed by atoms with van der Waals surface area (Å²) in [4.78, 5) is 25.8. The largest absolute Gasteiger partial charge is 0.302 e. The van der Waals surface area contributed by atoms with Crippen molar-refractivity contribution in [3.8, 4) is 0 Å². The Hall–Kier alpha value is -1.33. The zero-order valence-electron chi connectivity index (χ0n) is 11.2. The number of amides is 2. The van der Waals surface area contributed by atoms with E-state index in [0.717, 1.165) is 12.2 Å². The minimum atomic E-state index is -0.355. The molecule has 1 aromatic carbocycles. The maximum absolute atomic E-state index is 12.4. The molecule has 0 radical (unpaired) electrons. The van der Waals surface area contributed by atoms with Gasteiger partial charge in [0, 0.05) is 11.8 Å². The lowest BCUT2D eigenvalue weighted by atomic mass is 10.1. The van der Waals surface area contributed by atoms with Crippen LogP contribution in [0.4, 0.5) is 5.69 Å². The van der Waals surface area contributed by atoms with Crippen molar-refractivity contribution in [3.63, 3.8) is 0 Å². The summed E-state index contributed by atoms with van der Waals surface area (Å²) < 4.78 is 0. The Balaban J connectivity index is 1.70. The topological polar surface area (TPSA) is 49.4 Å². The zero-order valence-corrected chi connectivity index (χ0v) is 12.1. The Morgan fingerprint density at radius 2 is 2.00 bits per heavy atom. The molecule has 4 nitrogen and oxygen atoms in total. The second-order valence-electron chi connectivity index (χ2n) is 5.24. The maximum Gasteiger partial charge on any atom is 0.251 e. The minimum absolute atomic E-state index is 0.109. The number of thioether (sulfide) groups is 1. The molecule has 1 aromatic rings. The Morgan fingerprint density at radius 3 is 2.70 bits per heavy atom. The van der Waals surface area contributed by atoms with E-state index in [4.69, 9.17) is 0 Å². The lowest BCUT2D eigenvalue weighted by Gasteiger charge is -2.25. The van der Waals surface area contributed by atoms with Crippen LogP contribution >= 0.6 is 11.8 Å². The first-order valence-electron chi connectivity index (χ1n) is 7.01. The third-order valence-electron chi connectivity index (χ3n) is 3.76. The SMILES string of the molecule is O=C1CC(NC2CCCSC2)C(=O)N1c1ccccc1. The lowest BCUT2D eigenvalue weighted by molar-refractivity contribution is -0.121. The number of nitrogens with one attached hydrogen (secondary N) is 1. The van der Waals surface area contributed by atoms with Gasteiger partial charge in [0.1, 0.15) is 0 Å². The van der Waals surface area contributed by atoms with Gasteiger partial charge in [-0.15, -0.1) is 0 Å².